The topological polar surface area (TPSA) is 135 Å². The molecule has 0 saturated carbocycles. The fraction of sp³-hybridized carbons (Fsp3) is 0.500. The molecule has 2 N–H and O–H groups in total. The fourth-order valence-corrected chi connectivity index (χ4v) is 8.64. The van der Waals surface area contributed by atoms with Gasteiger partial charge in [-0.3, -0.25) is 23.7 Å². The lowest BCUT2D eigenvalue weighted by Gasteiger charge is -2.50. The van der Waals surface area contributed by atoms with Crippen LogP contribution in [0.1, 0.15) is 53.0 Å². The van der Waals surface area contributed by atoms with E-state index in [-0.39, 0.29) is 29.0 Å². The lowest BCUT2D eigenvalue weighted by atomic mass is 9.70. The number of piperazine rings is 1. The highest BCUT2D eigenvalue weighted by molar-refractivity contribution is 5.87. The molecule has 0 spiro atoms. The standard InChI is InChI=1S/C40H50N8O4/c1-39(2,27-40(3,4)46-21-19-44(20-22-46)30-25-51-26-30)33(23-41)37(49)45-18-8-9-29(24-45)47-34-16-17-43-36(42)35(34)48(38(47)50)28-12-14-32(15-13-28)52-31-10-6-5-7-11-31/h5-7,10-17,29-30,33H,8-9,18-22,24-27H2,1-4H3,(H2,42,43)/t29-,33?/m1/s1. The Hall–Kier alpha value is -4.70. The summed E-state index contributed by atoms with van der Waals surface area (Å²) in [6.45, 7) is 15.0. The van der Waals surface area contributed by atoms with E-state index in [4.69, 9.17) is 15.2 Å². The van der Waals surface area contributed by atoms with Gasteiger partial charge in [0.2, 0.25) is 5.91 Å². The van der Waals surface area contributed by atoms with Crippen LogP contribution in [-0.2, 0) is 9.53 Å². The number of nitriles is 1. The molecule has 1 amide bonds. The third kappa shape index (κ3) is 6.93. The lowest BCUT2D eigenvalue weighted by molar-refractivity contribution is -0.139. The summed E-state index contributed by atoms with van der Waals surface area (Å²) in [5.41, 5.74) is 7.21. The van der Waals surface area contributed by atoms with Crippen molar-refractivity contribution >= 4 is 22.8 Å². The van der Waals surface area contributed by atoms with Gasteiger partial charge >= 0.3 is 5.69 Å². The van der Waals surface area contributed by atoms with E-state index in [1.54, 1.807) is 26.3 Å². The fourth-order valence-electron chi connectivity index (χ4n) is 8.64. The van der Waals surface area contributed by atoms with E-state index in [1.807, 2.05) is 68.4 Å². The Kier molecular flexibility index (Phi) is 9.87. The van der Waals surface area contributed by atoms with Crippen LogP contribution in [0, 0.1) is 22.7 Å². The zero-order valence-corrected chi connectivity index (χ0v) is 30.7. The third-order valence-corrected chi connectivity index (χ3v) is 11.3. The van der Waals surface area contributed by atoms with Crippen LogP contribution < -0.4 is 16.2 Å². The second-order valence-corrected chi connectivity index (χ2v) is 15.8. The Morgan fingerprint density at radius 2 is 1.67 bits per heavy atom. The average molecular weight is 707 g/mol. The molecule has 3 saturated heterocycles. The first-order chi connectivity index (χ1) is 25.0. The molecule has 0 aliphatic carbocycles. The number of carbonyl (C=O) groups is 1. The minimum absolute atomic E-state index is 0.172. The number of pyridine rings is 1. The lowest BCUT2D eigenvalue weighted by Crippen LogP contribution is -2.61. The predicted octanol–water partition coefficient (Wildman–Crippen LogP) is 5.08. The van der Waals surface area contributed by atoms with Crippen molar-refractivity contribution in [2.75, 3.05) is 58.2 Å². The smallest absolute Gasteiger partial charge is 0.334 e. The molecule has 12 heteroatoms. The first kappa shape index (κ1) is 35.7. The number of amides is 1. The zero-order valence-electron chi connectivity index (χ0n) is 30.7. The maximum Gasteiger partial charge on any atom is 0.334 e. The highest BCUT2D eigenvalue weighted by Gasteiger charge is 2.45. The summed E-state index contributed by atoms with van der Waals surface area (Å²) in [5.74, 6) is 0.602. The van der Waals surface area contributed by atoms with Gasteiger partial charge in [-0.05, 0) is 81.0 Å². The number of fused-ring (bicyclic) bond motifs is 1. The third-order valence-electron chi connectivity index (χ3n) is 11.3. The second-order valence-electron chi connectivity index (χ2n) is 15.8. The first-order valence-electron chi connectivity index (χ1n) is 18.4. The summed E-state index contributed by atoms with van der Waals surface area (Å²) < 4.78 is 14.7. The van der Waals surface area contributed by atoms with Crippen molar-refractivity contribution in [3.8, 4) is 23.3 Å². The maximum atomic E-state index is 14.4. The number of piperidine rings is 1. The SMILES string of the molecule is CC(C)(CC(C)(C)N1CCN(C2COC2)CC1)C(C#N)C(=O)N1CCC[C@@H](n2c(=O)n(-c3ccc(Oc4ccccc4)cc3)c3c(N)nccc32)C1. The molecule has 4 aromatic rings. The quantitative estimate of drug-likeness (QED) is 0.240. The number of carbonyl (C=O) groups excluding carboxylic acids is 1. The number of nitrogens with zero attached hydrogens (tertiary/aromatic N) is 7. The minimum Gasteiger partial charge on any atom is -0.457 e. The van der Waals surface area contributed by atoms with E-state index in [0.717, 1.165) is 39.4 Å². The molecular weight excluding hydrogens is 656 g/mol. The second kappa shape index (κ2) is 14.4. The van der Waals surface area contributed by atoms with Crippen molar-refractivity contribution in [2.45, 2.75) is 64.6 Å². The van der Waals surface area contributed by atoms with E-state index in [2.05, 4.69) is 34.7 Å². The number of benzene rings is 2. The number of ether oxygens (including phenoxy) is 2. The van der Waals surface area contributed by atoms with Gasteiger partial charge in [-0.15, -0.1) is 0 Å². The highest BCUT2D eigenvalue weighted by atomic mass is 16.5. The highest BCUT2D eigenvalue weighted by Crippen LogP contribution is 2.40. The van der Waals surface area contributed by atoms with Crippen molar-refractivity contribution in [3.05, 3.63) is 77.3 Å². The number of anilines is 1. The minimum atomic E-state index is -0.825. The predicted molar refractivity (Wildman–Crippen MR) is 200 cm³/mol. The molecule has 12 nitrogen and oxygen atoms in total. The summed E-state index contributed by atoms with van der Waals surface area (Å²) in [7, 11) is 0. The van der Waals surface area contributed by atoms with E-state index in [1.165, 1.54) is 0 Å². The molecule has 2 aromatic heterocycles. The summed E-state index contributed by atoms with van der Waals surface area (Å²) in [5, 5.41) is 10.5. The number of nitrogens with two attached hydrogens (primary N) is 1. The molecular formula is C40H50N8O4. The Morgan fingerprint density at radius 3 is 2.33 bits per heavy atom. The van der Waals surface area contributed by atoms with Crippen LogP contribution in [0.3, 0.4) is 0 Å². The molecule has 2 aromatic carbocycles. The van der Waals surface area contributed by atoms with Gasteiger partial charge in [0.05, 0.1) is 42.6 Å². The molecule has 3 fully saturated rings. The monoisotopic (exact) mass is 706 g/mol. The summed E-state index contributed by atoms with van der Waals surface area (Å²) in [4.78, 5) is 39.8. The van der Waals surface area contributed by atoms with Gasteiger partial charge < -0.3 is 20.1 Å². The number of likely N-dealkylation sites (tertiary alicyclic amines) is 1. The summed E-state index contributed by atoms with van der Waals surface area (Å²) >= 11 is 0. The molecule has 52 heavy (non-hydrogen) atoms. The van der Waals surface area contributed by atoms with Crippen molar-refractivity contribution in [2.24, 2.45) is 11.3 Å². The van der Waals surface area contributed by atoms with Crippen LogP contribution in [0.25, 0.3) is 16.7 Å². The number of hydrogen-bond acceptors (Lipinski definition) is 9. The summed E-state index contributed by atoms with van der Waals surface area (Å²) in [6, 6.07) is 21.3. The molecule has 5 heterocycles. The average Bonchev–Trinajstić information content (AvgIpc) is 3.41. The maximum absolute atomic E-state index is 14.4. The van der Waals surface area contributed by atoms with E-state index >= 15 is 0 Å². The van der Waals surface area contributed by atoms with Gasteiger partial charge in [-0.25, -0.2) is 9.78 Å². The molecule has 1 unspecified atom stereocenters. The van der Waals surface area contributed by atoms with Crippen LogP contribution in [0.2, 0.25) is 0 Å². The zero-order chi connectivity index (χ0) is 36.6. The Morgan fingerprint density at radius 1 is 0.981 bits per heavy atom. The van der Waals surface area contributed by atoms with Gasteiger partial charge in [-0.1, -0.05) is 32.0 Å². The Bertz CT molecular complexity index is 1990. The van der Waals surface area contributed by atoms with Crippen LogP contribution >= 0.6 is 0 Å². The van der Waals surface area contributed by atoms with Crippen LogP contribution in [0.15, 0.2) is 71.7 Å². The van der Waals surface area contributed by atoms with E-state index in [0.29, 0.717) is 66.6 Å². The van der Waals surface area contributed by atoms with E-state index < -0.39 is 11.3 Å². The number of nitrogen functional groups attached to an aromatic ring is 1. The number of rotatable bonds is 10. The molecule has 2 atom stereocenters. The van der Waals surface area contributed by atoms with Crippen LogP contribution in [-0.4, -0.2) is 98.8 Å². The van der Waals surface area contributed by atoms with Crippen molar-refractivity contribution in [1.82, 2.24) is 28.8 Å². The molecule has 3 aliphatic heterocycles. The van der Waals surface area contributed by atoms with E-state index in [9.17, 15) is 14.9 Å². The van der Waals surface area contributed by atoms with Crippen LogP contribution in [0.5, 0.6) is 11.5 Å². The Labute approximate surface area is 305 Å². The molecule has 3 aliphatic rings. The van der Waals surface area contributed by atoms with Crippen molar-refractivity contribution < 1.29 is 14.3 Å². The number of para-hydroxylation sites is 1. The Balaban J connectivity index is 1.09. The van der Waals surface area contributed by atoms with Gasteiger partial charge in [0.1, 0.15) is 28.8 Å². The van der Waals surface area contributed by atoms with Crippen LogP contribution in [0.4, 0.5) is 5.82 Å². The normalized spacial score (nSPS) is 20.0. The molecule has 0 radical (unpaired) electrons. The molecule has 274 valence electrons. The number of hydrogen-bond donors (Lipinski definition) is 1. The summed E-state index contributed by atoms with van der Waals surface area (Å²) in [6.07, 6.45) is 3.73. The number of aromatic nitrogens is 3. The van der Waals surface area contributed by atoms with Crippen molar-refractivity contribution in [3.63, 3.8) is 0 Å². The van der Waals surface area contributed by atoms with Gasteiger partial charge in [0.15, 0.2) is 0 Å². The largest absolute Gasteiger partial charge is 0.457 e. The first-order valence-corrected chi connectivity index (χ1v) is 18.4. The van der Waals surface area contributed by atoms with Crippen molar-refractivity contribution in [1.29, 1.82) is 5.26 Å². The molecule has 7 rings (SSSR count). The molecule has 0 bridgehead atoms. The van der Waals surface area contributed by atoms with Gasteiger partial charge in [0.25, 0.3) is 0 Å². The van der Waals surface area contributed by atoms with Gasteiger partial charge in [0, 0.05) is 51.0 Å². The van der Waals surface area contributed by atoms with Gasteiger partial charge in [-0.2, -0.15) is 5.26 Å². The number of imidazole rings is 1.